The Morgan fingerprint density at radius 1 is 0.471 bits per heavy atom. The Bertz CT molecular complexity index is 2410. The van der Waals surface area contributed by atoms with Crippen LogP contribution in [0.5, 0.6) is 11.5 Å². The molecule has 16 nitrogen and oxygen atoms in total. The lowest BCUT2D eigenvalue weighted by molar-refractivity contribution is -0.147. The number of hydrogen-bond acceptors (Lipinski definition) is 13. The molecule has 8 atom stereocenters. The predicted molar refractivity (Wildman–Crippen MR) is 353 cm³/mol. The van der Waals surface area contributed by atoms with E-state index in [1.807, 2.05) is 73.7 Å². The molecule has 0 unspecified atom stereocenters. The Hall–Kier alpha value is -4.99. The van der Waals surface area contributed by atoms with Crippen molar-refractivity contribution in [2.24, 2.45) is 11.8 Å². The topological polar surface area (TPSA) is 218 Å². The summed E-state index contributed by atoms with van der Waals surface area (Å²) in [6, 6.07) is 23.4. The summed E-state index contributed by atoms with van der Waals surface area (Å²) in [5, 5.41) is 37.4. The van der Waals surface area contributed by atoms with Crippen LogP contribution >= 0.6 is 0 Å². The number of alkyl carbamates (subject to hydrolysis) is 2. The first kappa shape index (κ1) is 78.1. The van der Waals surface area contributed by atoms with Crippen LogP contribution in [0.25, 0.3) is 0 Å². The van der Waals surface area contributed by atoms with Crippen molar-refractivity contribution in [2.45, 2.75) is 277 Å². The number of hydrogen-bond donors (Lipinski definition) is 5. The number of nitrogens with one attached hydrogen (secondary N) is 2. The van der Waals surface area contributed by atoms with Gasteiger partial charge < -0.3 is 58.5 Å². The van der Waals surface area contributed by atoms with Crippen molar-refractivity contribution >= 4 is 40.8 Å². The highest BCUT2D eigenvalue weighted by molar-refractivity contribution is 6.78. The lowest BCUT2D eigenvalue weighted by atomic mass is 9.86. The number of benzene rings is 3. The molecule has 0 fully saturated rings. The van der Waals surface area contributed by atoms with Gasteiger partial charge in [0, 0.05) is 0 Å². The summed E-state index contributed by atoms with van der Waals surface area (Å²) < 4.78 is 41.5. The Kier molecular flexibility index (Phi) is 32.9. The molecule has 3 rings (SSSR count). The van der Waals surface area contributed by atoms with Gasteiger partial charge in [0.05, 0.1) is 38.6 Å². The van der Waals surface area contributed by atoms with Crippen LogP contribution in [0.2, 0.25) is 33.2 Å². The standard InChI is InChI=1S/C38H61NO7Si.C31H55NO7Si/c1-26(2)47(27(3)4,28(5)6)46-35(29(7)40)32(24-30-20-22-33(43-11)23-21-30)18-15-19-34(39-37(42)45-38(8,9)10)36(41)44-25-31-16-13-12-14-17-31;1-20(2)40(21(3)4,22(5)6)39-28(23(7)33)25(19-24-15-17-26(37-11)18-16-24)13-12-14-27(29(34)35)32-30(36)38-31(8,9)10/h12-14,16-17,20-23,26-29,32,34-35,40H,15,18-19,24-25H2,1-11H3,(H,39,42);15-18,20-23,25,27-28,33H,12-14,19H2,1-11H3,(H,32,36)(H,34,35)/t29-,32+,34-,35-;23-,25+,27-,28-/m00/s1. The highest BCUT2D eigenvalue weighted by Gasteiger charge is 2.50. The molecule has 0 aliphatic heterocycles. The number of carboxylic acids is 1. The number of carboxylic acid groups (broad SMARTS) is 1. The van der Waals surface area contributed by atoms with E-state index >= 15 is 0 Å². The number of aliphatic hydroxyl groups is 2. The lowest BCUT2D eigenvalue weighted by Crippen LogP contribution is -2.54. The highest BCUT2D eigenvalue weighted by Crippen LogP contribution is 2.46. The largest absolute Gasteiger partial charge is 0.497 e. The summed E-state index contributed by atoms with van der Waals surface area (Å²) >= 11 is 0. The predicted octanol–water partition coefficient (Wildman–Crippen LogP) is 15.5. The molecular formula is C69H116N2O14Si2. The molecule has 0 aliphatic carbocycles. The monoisotopic (exact) mass is 1250 g/mol. The third-order valence-corrected chi connectivity index (χ3v) is 28.8. The van der Waals surface area contributed by atoms with Crippen molar-refractivity contribution in [2.75, 3.05) is 14.2 Å². The third kappa shape index (κ3) is 25.8. The van der Waals surface area contributed by atoms with Crippen molar-refractivity contribution in [3.05, 3.63) is 95.6 Å². The highest BCUT2D eigenvalue weighted by atomic mass is 28.4. The number of aliphatic carboxylic acids is 1. The van der Waals surface area contributed by atoms with Crippen molar-refractivity contribution in [3.8, 4) is 11.5 Å². The van der Waals surface area contributed by atoms with Gasteiger partial charge >= 0.3 is 24.1 Å². The minimum Gasteiger partial charge on any atom is -0.497 e. The summed E-state index contributed by atoms with van der Waals surface area (Å²) in [6.07, 6.45) is 0.697. The van der Waals surface area contributed by atoms with Gasteiger partial charge in [0.15, 0.2) is 0 Å². The van der Waals surface area contributed by atoms with E-state index in [1.54, 1.807) is 62.7 Å². The van der Waals surface area contributed by atoms with Crippen LogP contribution in [0.1, 0.15) is 194 Å². The smallest absolute Gasteiger partial charge is 0.408 e. The normalized spacial score (nSPS) is 15.2. The van der Waals surface area contributed by atoms with Gasteiger partial charge in [-0.15, -0.1) is 0 Å². The molecule has 3 aromatic carbocycles. The SMILES string of the molecule is COc1ccc(C[C@@H](CCC[C@H](NC(=O)OC(C)(C)C)C(=O)O)[C@@H](O[Si](C(C)C)(C(C)C)C(C)C)[C@H](C)O)cc1.COc1ccc(C[C@@H](CCC[C@H](NC(=O)OC(C)(C)C)C(=O)OCc2ccccc2)[C@@H](O[Si](C(C)C)(C(C)C)C(C)C)[C@H](C)O)cc1. The molecule has 0 saturated carbocycles. The maximum Gasteiger partial charge on any atom is 0.408 e. The Labute approximate surface area is 526 Å². The van der Waals surface area contributed by atoms with E-state index in [-0.39, 0.29) is 24.9 Å². The fraction of sp³-hybridized carbons (Fsp3) is 0.681. The van der Waals surface area contributed by atoms with E-state index in [2.05, 4.69) is 106 Å². The van der Waals surface area contributed by atoms with Crippen LogP contribution in [0, 0.1) is 11.8 Å². The van der Waals surface area contributed by atoms with Crippen molar-refractivity contribution in [1.82, 2.24) is 10.6 Å². The maximum atomic E-state index is 13.3. The van der Waals surface area contributed by atoms with E-state index < -0.39 is 88.5 Å². The quantitative estimate of drug-likeness (QED) is 0.0214. The van der Waals surface area contributed by atoms with Gasteiger partial charge in [0.2, 0.25) is 16.6 Å². The molecule has 0 spiro atoms. The maximum absolute atomic E-state index is 13.3. The molecule has 18 heteroatoms. The van der Waals surface area contributed by atoms with E-state index in [9.17, 15) is 34.5 Å². The van der Waals surface area contributed by atoms with Gasteiger partial charge in [-0.25, -0.2) is 19.2 Å². The van der Waals surface area contributed by atoms with Crippen LogP contribution in [0.4, 0.5) is 9.59 Å². The fourth-order valence-corrected chi connectivity index (χ4v) is 24.1. The fourth-order valence-electron chi connectivity index (χ4n) is 12.8. The summed E-state index contributed by atoms with van der Waals surface area (Å²) in [4.78, 5) is 50.3. The zero-order valence-electron chi connectivity index (χ0n) is 57.3. The van der Waals surface area contributed by atoms with Crippen LogP contribution in [-0.2, 0) is 52.1 Å². The Balaban J connectivity index is 0.000000602. The molecule has 3 aromatic rings. The van der Waals surface area contributed by atoms with Gasteiger partial charge in [0.25, 0.3) is 0 Å². The van der Waals surface area contributed by atoms with E-state index in [0.717, 1.165) is 28.2 Å². The van der Waals surface area contributed by atoms with Gasteiger partial charge in [-0.1, -0.05) is 151 Å². The first-order valence-electron chi connectivity index (χ1n) is 31.8. The lowest BCUT2D eigenvalue weighted by Gasteiger charge is -2.47. The number of rotatable bonds is 34. The molecule has 0 saturated heterocycles. The third-order valence-electron chi connectivity index (χ3n) is 16.6. The first-order valence-corrected chi connectivity index (χ1v) is 36.1. The minimum absolute atomic E-state index is 0.0472. The molecule has 87 heavy (non-hydrogen) atoms. The van der Waals surface area contributed by atoms with Gasteiger partial charge in [-0.3, -0.25) is 0 Å². The molecular weight excluding hydrogens is 1140 g/mol. The van der Waals surface area contributed by atoms with Gasteiger partial charge in [0.1, 0.15) is 41.4 Å². The number of ether oxygens (including phenoxy) is 5. The molecule has 0 aromatic heterocycles. The number of carbonyl (C=O) groups is 4. The van der Waals surface area contributed by atoms with Crippen LogP contribution in [-0.4, -0.2) is 118 Å². The van der Waals surface area contributed by atoms with Crippen molar-refractivity contribution in [3.63, 3.8) is 0 Å². The number of amides is 2. The Morgan fingerprint density at radius 3 is 1.10 bits per heavy atom. The van der Waals surface area contributed by atoms with E-state index in [1.165, 1.54) is 0 Å². The number of esters is 1. The van der Waals surface area contributed by atoms with Gasteiger partial charge in [-0.2, -0.15) is 0 Å². The zero-order chi connectivity index (χ0) is 66.2. The van der Waals surface area contributed by atoms with Crippen LogP contribution < -0.4 is 20.1 Å². The molecule has 0 bridgehead atoms. The van der Waals surface area contributed by atoms with Crippen LogP contribution in [0.15, 0.2) is 78.9 Å². The van der Waals surface area contributed by atoms with Crippen molar-refractivity contribution < 1.29 is 67.0 Å². The number of carbonyl (C=O) groups excluding carboxylic acids is 3. The minimum atomic E-state index is -2.34. The molecule has 0 heterocycles. The molecule has 494 valence electrons. The average Bonchev–Trinajstić information content (AvgIpc) is 2.80. The van der Waals surface area contributed by atoms with Crippen LogP contribution in [0.3, 0.4) is 0 Å². The second-order valence-corrected chi connectivity index (χ2v) is 38.4. The average molecular weight is 1250 g/mol. The molecule has 0 aliphatic rings. The number of methoxy groups -OCH3 is 2. The summed E-state index contributed by atoms with van der Waals surface area (Å²) in [5.74, 6) is -0.176. The number of aliphatic hydroxyl groups excluding tert-OH is 2. The van der Waals surface area contributed by atoms with E-state index in [4.69, 9.17) is 32.5 Å². The molecule has 5 N–H and O–H groups in total. The van der Waals surface area contributed by atoms with E-state index in [0.29, 0.717) is 78.2 Å². The summed E-state index contributed by atoms with van der Waals surface area (Å²) in [7, 11) is -1.38. The first-order chi connectivity index (χ1) is 40.4. The second kappa shape index (κ2) is 36.6. The second-order valence-electron chi connectivity index (χ2n) is 27.6. The van der Waals surface area contributed by atoms with Crippen molar-refractivity contribution in [1.29, 1.82) is 0 Å². The van der Waals surface area contributed by atoms with Gasteiger partial charge in [-0.05, 0) is 180 Å². The zero-order valence-corrected chi connectivity index (χ0v) is 59.3. The summed E-state index contributed by atoms with van der Waals surface area (Å²) in [6.45, 7) is 41.1. The summed E-state index contributed by atoms with van der Waals surface area (Å²) in [5.41, 5.74) is 3.74. The molecule has 2 amide bonds. The molecule has 0 radical (unpaired) electrons. The Morgan fingerprint density at radius 2 is 0.805 bits per heavy atom.